The number of hydrogen-bond acceptors (Lipinski definition) is 8. The van der Waals surface area contributed by atoms with Crippen molar-refractivity contribution in [1.29, 1.82) is 0 Å². The van der Waals surface area contributed by atoms with E-state index in [4.69, 9.17) is 10.5 Å². The summed E-state index contributed by atoms with van der Waals surface area (Å²) in [5.41, 5.74) is 6.42. The molecule has 7 N–H and O–H groups in total. The van der Waals surface area contributed by atoms with Gasteiger partial charge in [0.1, 0.15) is 18.8 Å². The van der Waals surface area contributed by atoms with Gasteiger partial charge in [-0.3, -0.25) is 24.5 Å². The van der Waals surface area contributed by atoms with Gasteiger partial charge < -0.3 is 31.5 Å². The van der Waals surface area contributed by atoms with Crippen LogP contribution in [-0.2, 0) is 36.9 Å². The number of ketones is 1. The fourth-order valence-electron chi connectivity index (χ4n) is 6.70. The zero-order chi connectivity index (χ0) is 34.8. The first-order valence-electron chi connectivity index (χ1n) is 16.7. The first-order valence-corrected chi connectivity index (χ1v) is 16.7. The first kappa shape index (κ1) is 36.5. The molecule has 0 bridgehead atoms. The average Bonchev–Trinajstić information content (AvgIpc) is 3.05. The van der Waals surface area contributed by atoms with Crippen molar-refractivity contribution in [3.8, 4) is 0 Å². The molecular weight excluding hydrogens is 614 g/mol. The minimum atomic E-state index is -1.67. The summed E-state index contributed by atoms with van der Waals surface area (Å²) < 4.78 is 5.24. The highest BCUT2D eigenvalue weighted by Gasteiger charge is 2.46. The molecule has 2 aromatic carbocycles. The third-order valence-corrected chi connectivity index (χ3v) is 8.96. The number of nitrogens with two attached hydrogens (primary N) is 1. The molecule has 0 spiro atoms. The summed E-state index contributed by atoms with van der Waals surface area (Å²) in [4.78, 5) is 65.6. The monoisotopic (exact) mass is 663 g/mol. The van der Waals surface area contributed by atoms with Gasteiger partial charge in [-0.25, -0.2) is 4.79 Å². The van der Waals surface area contributed by atoms with E-state index in [2.05, 4.69) is 21.3 Å². The topological polar surface area (TPSA) is 189 Å². The summed E-state index contributed by atoms with van der Waals surface area (Å²) in [6, 6.07) is 14.0. The van der Waals surface area contributed by atoms with E-state index in [-0.39, 0.29) is 30.8 Å². The molecule has 12 heteroatoms. The number of aliphatic hydroxyl groups excluding tert-OH is 1. The number of piperidine rings is 1. The molecule has 0 radical (unpaired) electrons. The maximum atomic E-state index is 14.2. The van der Waals surface area contributed by atoms with Crippen LogP contribution in [0.15, 0.2) is 60.7 Å². The maximum absolute atomic E-state index is 14.2. The van der Waals surface area contributed by atoms with Gasteiger partial charge in [-0.1, -0.05) is 79.9 Å². The molecule has 1 unspecified atom stereocenters. The molecule has 1 aliphatic carbocycles. The summed E-state index contributed by atoms with van der Waals surface area (Å²) >= 11 is 0. The summed E-state index contributed by atoms with van der Waals surface area (Å²) in [7, 11) is 0. The van der Waals surface area contributed by atoms with Gasteiger partial charge in [0.25, 0.3) is 0 Å². The number of primary amides is 1. The Hall–Kier alpha value is -4.29. The minimum Gasteiger partial charge on any atom is -0.445 e. The molecule has 0 aromatic heterocycles. The standard InChI is InChI=1S/C36H49N5O7/c1-36(2,3)41-34(46)27-19-24-16-10-11-17-25(24)30(38-27)32(44)31(43)26(18-22-12-6-4-7-13-22)39-33(45)28(20-29(37)42)40-35(47)48-21-23-14-8-5-9-15-23/h4-9,12-15,24-28,30-31,38,43H,10-11,16-21H2,1-3H3,(H2,37,42)(H,39,45)(H,40,47)(H,41,46)/t24-,25-,26-,27-,28-,30?,31-/m0/s1. The molecule has 4 amide bonds. The Bertz CT molecular complexity index is 1410. The number of nitrogens with one attached hydrogen (secondary N) is 4. The highest BCUT2D eigenvalue weighted by Crippen LogP contribution is 2.39. The third kappa shape index (κ3) is 10.6. The lowest BCUT2D eigenvalue weighted by atomic mass is 9.68. The van der Waals surface area contributed by atoms with Crippen LogP contribution in [0.1, 0.15) is 70.4 Å². The van der Waals surface area contributed by atoms with Gasteiger partial charge in [0.2, 0.25) is 17.7 Å². The summed E-state index contributed by atoms with van der Waals surface area (Å²) in [6.07, 6.45) is 1.14. The molecule has 7 atom stereocenters. The van der Waals surface area contributed by atoms with Crippen LogP contribution in [0.4, 0.5) is 4.79 Å². The number of amides is 4. The van der Waals surface area contributed by atoms with E-state index in [1.165, 1.54) is 0 Å². The van der Waals surface area contributed by atoms with Crippen LogP contribution >= 0.6 is 0 Å². The Morgan fingerprint density at radius 3 is 2.19 bits per heavy atom. The zero-order valence-corrected chi connectivity index (χ0v) is 27.9. The molecule has 12 nitrogen and oxygen atoms in total. The van der Waals surface area contributed by atoms with Crippen LogP contribution in [-0.4, -0.2) is 70.5 Å². The fourth-order valence-corrected chi connectivity index (χ4v) is 6.70. The predicted octanol–water partition coefficient (Wildman–Crippen LogP) is 2.27. The molecule has 1 saturated carbocycles. The Morgan fingerprint density at radius 1 is 0.938 bits per heavy atom. The Morgan fingerprint density at radius 2 is 1.56 bits per heavy atom. The van der Waals surface area contributed by atoms with Crippen LogP contribution < -0.4 is 27.0 Å². The summed E-state index contributed by atoms with van der Waals surface area (Å²) in [5, 5.41) is 23.1. The van der Waals surface area contributed by atoms with E-state index in [1.807, 2.05) is 32.9 Å². The number of carbonyl (C=O) groups is 5. The van der Waals surface area contributed by atoms with Crippen LogP contribution in [0.25, 0.3) is 0 Å². The lowest BCUT2D eigenvalue weighted by Gasteiger charge is -2.45. The molecule has 2 fully saturated rings. The molecule has 2 aliphatic rings. The van der Waals surface area contributed by atoms with Crippen LogP contribution in [0.3, 0.4) is 0 Å². The van der Waals surface area contributed by atoms with Crippen molar-refractivity contribution in [2.24, 2.45) is 17.6 Å². The number of benzene rings is 2. The van der Waals surface area contributed by atoms with Gasteiger partial charge in [-0.15, -0.1) is 0 Å². The summed E-state index contributed by atoms with van der Waals surface area (Å²) in [5.74, 6) is -2.33. The van der Waals surface area contributed by atoms with Gasteiger partial charge in [-0.2, -0.15) is 0 Å². The molecule has 1 saturated heterocycles. The van der Waals surface area contributed by atoms with Crippen molar-refractivity contribution in [3.05, 3.63) is 71.8 Å². The minimum absolute atomic E-state index is 0.0627. The van der Waals surface area contributed by atoms with Gasteiger partial charge in [-0.05, 0) is 63.0 Å². The lowest BCUT2D eigenvalue weighted by Crippen LogP contribution is -2.65. The van der Waals surface area contributed by atoms with E-state index in [0.717, 1.165) is 36.8 Å². The predicted molar refractivity (Wildman–Crippen MR) is 179 cm³/mol. The number of alkyl carbamates (subject to hydrolysis) is 1. The van der Waals surface area contributed by atoms with Crippen molar-refractivity contribution in [2.45, 2.75) is 108 Å². The van der Waals surface area contributed by atoms with E-state index >= 15 is 0 Å². The van der Waals surface area contributed by atoms with E-state index in [0.29, 0.717) is 6.42 Å². The molecule has 48 heavy (non-hydrogen) atoms. The smallest absolute Gasteiger partial charge is 0.408 e. The van der Waals surface area contributed by atoms with Crippen LogP contribution in [0, 0.1) is 11.8 Å². The van der Waals surface area contributed by atoms with E-state index in [9.17, 15) is 29.1 Å². The van der Waals surface area contributed by atoms with Gasteiger partial charge >= 0.3 is 6.09 Å². The van der Waals surface area contributed by atoms with Gasteiger partial charge in [0.15, 0.2) is 5.78 Å². The van der Waals surface area contributed by atoms with E-state index in [1.54, 1.807) is 48.5 Å². The maximum Gasteiger partial charge on any atom is 0.408 e. The second kappa shape index (κ2) is 16.7. The Labute approximate surface area is 281 Å². The SMILES string of the molecule is CC(C)(C)NC(=O)[C@@H]1C[C@@H]2CCCC[C@@H]2C(C(=O)[C@@H](O)[C@H](Cc2ccccc2)NC(=O)[C@H](CC(N)=O)NC(=O)OCc2ccccc2)N1. The van der Waals surface area contributed by atoms with E-state index < -0.39 is 65.9 Å². The fraction of sp³-hybridized carbons (Fsp3) is 0.528. The number of ether oxygens (including phenoxy) is 1. The normalized spacial score (nSPS) is 22.6. The lowest BCUT2D eigenvalue weighted by molar-refractivity contribution is -0.138. The molecule has 1 aliphatic heterocycles. The number of carbonyl (C=O) groups excluding carboxylic acids is 5. The van der Waals surface area contributed by atoms with Crippen molar-refractivity contribution >= 4 is 29.6 Å². The largest absolute Gasteiger partial charge is 0.445 e. The number of hydrogen-bond donors (Lipinski definition) is 6. The second-order valence-electron chi connectivity index (χ2n) is 14.0. The van der Waals surface area contributed by atoms with Gasteiger partial charge in [0.05, 0.1) is 24.5 Å². The quantitative estimate of drug-likeness (QED) is 0.188. The van der Waals surface area contributed by atoms with Gasteiger partial charge in [0, 0.05) is 5.54 Å². The second-order valence-corrected chi connectivity index (χ2v) is 14.0. The number of Topliss-reactive ketones (excluding diaryl/α,β-unsaturated/α-hetero) is 1. The highest BCUT2D eigenvalue weighted by molar-refractivity contribution is 5.93. The average molecular weight is 664 g/mol. The molecule has 2 aromatic rings. The van der Waals surface area contributed by atoms with Crippen molar-refractivity contribution in [3.63, 3.8) is 0 Å². The first-order chi connectivity index (χ1) is 22.8. The number of fused-ring (bicyclic) bond motifs is 1. The molecular formula is C36H49N5O7. The molecule has 1 heterocycles. The van der Waals surface area contributed by atoms with Crippen molar-refractivity contribution in [2.75, 3.05) is 0 Å². The van der Waals surface area contributed by atoms with Crippen molar-refractivity contribution in [1.82, 2.24) is 21.3 Å². The Kier molecular flexibility index (Phi) is 12.7. The van der Waals surface area contributed by atoms with Crippen molar-refractivity contribution < 1.29 is 33.8 Å². The highest BCUT2D eigenvalue weighted by atomic mass is 16.5. The summed E-state index contributed by atoms with van der Waals surface area (Å²) in [6.45, 7) is 5.62. The third-order valence-electron chi connectivity index (χ3n) is 8.96. The number of aliphatic hydroxyl groups is 1. The van der Waals surface area contributed by atoms with Crippen LogP contribution in [0.2, 0.25) is 0 Å². The zero-order valence-electron chi connectivity index (χ0n) is 27.9. The molecule has 260 valence electrons. The molecule has 4 rings (SSSR count). The van der Waals surface area contributed by atoms with Crippen LogP contribution in [0.5, 0.6) is 0 Å². The Balaban J connectivity index is 1.53. The number of rotatable bonds is 13.